The molecule has 0 saturated heterocycles. The topological polar surface area (TPSA) is 29.5 Å². The molecule has 0 aliphatic heterocycles. The second-order valence-corrected chi connectivity index (χ2v) is 6.49. The molecule has 1 amide bonds. The summed E-state index contributed by atoms with van der Waals surface area (Å²) in [5.74, 6) is -2.60. The van der Waals surface area contributed by atoms with Crippen LogP contribution < -0.4 is 0 Å². The highest BCUT2D eigenvalue weighted by Gasteiger charge is 2.47. The molecule has 3 nitrogen and oxygen atoms in total. The number of rotatable bonds is 3. The lowest BCUT2D eigenvalue weighted by Gasteiger charge is -2.38. The van der Waals surface area contributed by atoms with Crippen molar-refractivity contribution in [3.63, 3.8) is 0 Å². The zero-order chi connectivity index (χ0) is 13.6. The SMILES string of the molecule is CC(C)(C)OC(=O)N(CC1CC(F)(F)C1)C1CC1. The molecule has 2 rings (SSSR count). The molecule has 0 aromatic heterocycles. The van der Waals surface area contributed by atoms with Crippen LogP contribution in [0.2, 0.25) is 0 Å². The van der Waals surface area contributed by atoms with E-state index in [0.717, 1.165) is 12.8 Å². The van der Waals surface area contributed by atoms with E-state index in [9.17, 15) is 13.6 Å². The minimum atomic E-state index is -2.52. The van der Waals surface area contributed by atoms with Gasteiger partial charge >= 0.3 is 6.09 Å². The lowest BCUT2D eigenvalue weighted by atomic mass is 9.81. The van der Waals surface area contributed by atoms with Crippen LogP contribution in [0.25, 0.3) is 0 Å². The standard InChI is InChI=1S/C13H21F2NO2/c1-12(2,3)18-11(17)16(10-4-5-10)8-9-6-13(14,15)7-9/h9-10H,4-8H2,1-3H3. The fourth-order valence-electron chi connectivity index (χ4n) is 2.27. The molecule has 5 heteroatoms. The molecule has 0 radical (unpaired) electrons. The second-order valence-electron chi connectivity index (χ2n) is 6.49. The van der Waals surface area contributed by atoms with Crippen LogP contribution in [0.5, 0.6) is 0 Å². The molecule has 0 heterocycles. The number of alkyl halides is 2. The van der Waals surface area contributed by atoms with Gasteiger partial charge in [0.1, 0.15) is 5.60 Å². The van der Waals surface area contributed by atoms with E-state index in [2.05, 4.69) is 0 Å². The van der Waals surface area contributed by atoms with E-state index < -0.39 is 11.5 Å². The summed E-state index contributed by atoms with van der Waals surface area (Å²) < 4.78 is 30.9. The van der Waals surface area contributed by atoms with Crippen LogP contribution >= 0.6 is 0 Å². The first kappa shape index (κ1) is 13.6. The van der Waals surface area contributed by atoms with Gasteiger partial charge in [0, 0.05) is 25.4 Å². The highest BCUT2D eigenvalue weighted by atomic mass is 19.3. The Balaban J connectivity index is 1.87. The van der Waals surface area contributed by atoms with Crippen molar-refractivity contribution in [2.75, 3.05) is 6.54 Å². The summed E-state index contributed by atoms with van der Waals surface area (Å²) in [7, 11) is 0. The van der Waals surface area contributed by atoms with Crippen molar-refractivity contribution in [3.05, 3.63) is 0 Å². The van der Waals surface area contributed by atoms with Crippen molar-refractivity contribution < 1.29 is 18.3 Å². The smallest absolute Gasteiger partial charge is 0.410 e. The van der Waals surface area contributed by atoms with E-state index in [-0.39, 0.29) is 30.9 Å². The number of nitrogens with zero attached hydrogens (tertiary/aromatic N) is 1. The number of carbonyl (C=O) groups is 1. The molecule has 0 bridgehead atoms. The Hall–Kier alpha value is -0.870. The number of amides is 1. The molecule has 0 spiro atoms. The maximum Gasteiger partial charge on any atom is 0.410 e. The summed E-state index contributed by atoms with van der Waals surface area (Å²) in [5.41, 5.74) is -0.534. The highest BCUT2D eigenvalue weighted by molar-refractivity contribution is 5.69. The maximum absolute atomic E-state index is 12.8. The van der Waals surface area contributed by atoms with Crippen molar-refractivity contribution in [1.29, 1.82) is 0 Å². The third-order valence-electron chi connectivity index (χ3n) is 3.25. The van der Waals surface area contributed by atoms with Crippen LogP contribution in [0, 0.1) is 5.92 Å². The minimum Gasteiger partial charge on any atom is -0.444 e. The van der Waals surface area contributed by atoms with Crippen molar-refractivity contribution in [1.82, 2.24) is 4.90 Å². The lowest BCUT2D eigenvalue weighted by molar-refractivity contribution is -0.116. The van der Waals surface area contributed by atoms with Crippen LogP contribution in [0.1, 0.15) is 46.5 Å². The molecule has 2 aliphatic rings. The zero-order valence-corrected chi connectivity index (χ0v) is 11.2. The minimum absolute atomic E-state index is 0.0758. The van der Waals surface area contributed by atoms with Gasteiger partial charge in [-0.05, 0) is 39.5 Å². The van der Waals surface area contributed by atoms with E-state index in [4.69, 9.17) is 4.74 Å². The van der Waals surface area contributed by atoms with E-state index in [1.807, 2.05) is 20.8 Å². The fraction of sp³-hybridized carbons (Fsp3) is 0.923. The quantitative estimate of drug-likeness (QED) is 0.779. The van der Waals surface area contributed by atoms with Gasteiger partial charge in [-0.15, -0.1) is 0 Å². The third kappa shape index (κ3) is 3.56. The molecule has 0 N–H and O–H groups in total. The number of hydrogen-bond acceptors (Lipinski definition) is 2. The lowest BCUT2D eigenvalue weighted by Crippen LogP contribution is -2.46. The summed E-state index contributed by atoms with van der Waals surface area (Å²) in [6, 6.07) is 0.203. The second kappa shape index (κ2) is 4.35. The Morgan fingerprint density at radius 2 is 1.89 bits per heavy atom. The summed E-state index contributed by atoms with van der Waals surface area (Å²) in [5, 5.41) is 0. The van der Waals surface area contributed by atoms with Gasteiger partial charge in [-0.2, -0.15) is 0 Å². The van der Waals surface area contributed by atoms with E-state index in [0.29, 0.717) is 6.54 Å². The normalized spacial score (nSPS) is 23.4. The number of hydrogen-bond donors (Lipinski definition) is 0. The Kier molecular flexibility index (Phi) is 3.28. The molecular weight excluding hydrogens is 240 g/mol. The summed E-state index contributed by atoms with van der Waals surface area (Å²) in [6.45, 7) is 5.85. The third-order valence-corrected chi connectivity index (χ3v) is 3.25. The van der Waals surface area contributed by atoms with E-state index in [1.54, 1.807) is 4.90 Å². The first-order valence-electron chi connectivity index (χ1n) is 6.54. The number of carbonyl (C=O) groups excluding carboxylic acids is 1. The molecule has 0 aromatic rings. The Morgan fingerprint density at radius 3 is 2.28 bits per heavy atom. The predicted octanol–water partition coefficient (Wildman–Crippen LogP) is 3.43. The molecule has 2 fully saturated rings. The molecule has 104 valence electrons. The van der Waals surface area contributed by atoms with Gasteiger partial charge in [0.05, 0.1) is 0 Å². The molecular formula is C13H21F2NO2. The first-order chi connectivity index (χ1) is 8.16. The van der Waals surface area contributed by atoms with Gasteiger partial charge < -0.3 is 9.64 Å². The first-order valence-corrected chi connectivity index (χ1v) is 6.54. The van der Waals surface area contributed by atoms with Crippen LogP contribution in [0.4, 0.5) is 13.6 Å². The monoisotopic (exact) mass is 261 g/mol. The molecule has 0 aromatic carbocycles. The number of halogens is 2. The summed E-state index contributed by atoms with van der Waals surface area (Å²) in [6.07, 6.45) is 1.36. The average Bonchev–Trinajstić information content (AvgIpc) is 2.90. The van der Waals surface area contributed by atoms with Crippen molar-refractivity contribution in [2.24, 2.45) is 5.92 Å². The summed E-state index contributed by atoms with van der Waals surface area (Å²) >= 11 is 0. The van der Waals surface area contributed by atoms with Gasteiger partial charge in [-0.25, -0.2) is 13.6 Å². The van der Waals surface area contributed by atoms with Gasteiger partial charge in [-0.1, -0.05) is 0 Å². The zero-order valence-electron chi connectivity index (χ0n) is 11.2. The molecule has 0 atom stereocenters. The Bertz CT molecular complexity index is 326. The largest absolute Gasteiger partial charge is 0.444 e. The molecule has 2 aliphatic carbocycles. The summed E-state index contributed by atoms with van der Waals surface area (Å²) in [4.78, 5) is 13.6. The Morgan fingerprint density at radius 1 is 1.33 bits per heavy atom. The highest BCUT2D eigenvalue weighted by Crippen LogP contribution is 2.43. The molecule has 0 unspecified atom stereocenters. The fourth-order valence-corrected chi connectivity index (χ4v) is 2.27. The predicted molar refractivity (Wildman–Crippen MR) is 63.6 cm³/mol. The number of ether oxygens (including phenoxy) is 1. The van der Waals surface area contributed by atoms with Crippen LogP contribution in [0.3, 0.4) is 0 Å². The van der Waals surface area contributed by atoms with Crippen molar-refractivity contribution >= 4 is 6.09 Å². The maximum atomic E-state index is 12.8. The van der Waals surface area contributed by atoms with Gasteiger partial charge in [0.2, 0.25) is 5.92 Å². The van der Waals surface area contributed by atoms with Gasteiger partial charge in [-0.3, -0.25) is 0 Å². The van der Waals surface area contributed by atoms with E-state index >= 15 is 0 Å². The van der Waals surface area contributed by atoms with Crippen molar-refractivity contribution in [3.8, 4) is 0 Å². The molecule has 18 heavy (non-hydrogen) atoms. The van der Waals surface area contributed by atoms with Crippen LogP contribution in [-0.4, -0.2) is 35.1 Å². The average molecular weight is 261 g/mol. The van der Waals surface area contributed by atoms with E-state index in [1.165, 1.54) is 0 Å². The van der Waals surface area contributed by atoms with Crippen LogP contribution in [0.15, 0.2) is 0 Å². The van der Waals surface area contributed by atoms with Gasteiger partial charge in [0.15, 0.2) is 0 Å². The Labute approximate surface area is 106 Å². The van der Waals surface area contributed by atoms with Crippen LogP contribution in [-0.2, 0) is 4.74 Å². The molecule has 2 saturated carbocycles. The van der Waals surface area contributed by atoms with Crippen molar-refractivity contribution in [2.45, 2.75) is 64.0 Å². The van der Waals surface area contributed by atoms with Gasteiger partial charge in [0.25, 0.3) is 0 Å².